The number of hydrogen-bond acceptors (Lipinski definition) is 2. The quantitative estimate of drug-likeness (QED) is 0.687. The van der Waals surface area contributed by atoms with Crippen molar-refractivity contribution in [3.05, 3.63) is 35.9 Å². The minimum atomic E-state index is 0.181. The summed E-state index contributed by atoms with van der Waals surface area (Å²) >= 11 is 0. The molecule has 108 valence electrons. The van der Waals surface area contributed by atoms with E-state index in [9.17, 15) is 0 Å². The third-order valence-electron chi connectivity index (χ3n) is 3.64. The molecule has 0 spiro atoms. The van der Waals surface area contributed by atoms with Gasteiger partial charge in [0.05, 0.1) is 0 Å². The highest BCUT2D eigenvalue weighted by atomic mass is 15.1. The maximum Gasteiger partial charge on any atom is 0.0176 e. The second-order valence-corrected chi connectivity index (χ2v) is 5.84. The zero-order valence-corrected chi connectivity index (χ0v) is 13.1. The molecule has 0 aliphatic rings. The predicted octanol–water partition coefficient (Wildman–Crippen LogP) is 3.29. The number of hydrogen-bond donors (Lipinski definition) is 1. The van der Waals surface area contributed by atoms with Gasteiger partial charge in [-0.1, -0.05) is 51.1 Å². The van der Waals surface area contributed by atoms with Gasteiger partial charge < -0.3 is 10.2 Å². The van der Waals surface area contributed by atoms with E-state index in [2.05, 4.69) is 68.4 Å². The molecule has 0 radical (unpaired) electrons. The molecule has 0 fully saturated rings. The second-order valence-electron chi connectivity index (χ2n) is 5.84. The maximum atomic E-state index is 3.59. The summed E-state index contributed by atoms with van der Waals surface area (Å²) < 4.78 is 0. The van der Waals surface area contributed by atoms with Gasteiger partial charge in [-0.25, -0.2) is 0 Å². The molecule has 0 heterocycles. The fourth-order valence-corrected chi connectivity index (χ4v) is 2.69. The lowest BCUT2D eigenvalue weighted by molar-refractivity contribution is 0.250. The van der Waals surface area contributed by atoms with E-state index in [4.69, 9.17) is 0 Å². The van der Waals surface area contributed by atoms with E-state index in [1.807, 2.05) is 0 Å². The normalized spacial score (nSPS) is 14.6. The summed E-state index contributed by atoms with van der Waals surface area (Å²) in [7, 11) is 2.23. The summed E-state index contributed by atoms with van der Waals surface area (Å²) in [5.41, 5.74) is 1.61. The van der Waals surface area contributed by atoms with Crippen LogP contribution in [0, 0.1) is 0 Å². The second kappa shape index (κ2) is 8.34. The van der Waals surface area contributed by atoms with Gasteiger partial charge in [0.2, 0.25) is 0 Å². The number of likely N-dealkylation sites (N-methyl/N-ethyl adjacent to an activating group) is 1. The first-order chi connectivity index (χ1) is 9.12. The fourth-order valence-electron chi connectivity index (χ4n) is 2.69. The fraction of sp³-hybridized carbons (Fsp3) is 0.647. The van der Waals surface area contributed by atoms with Crippen molar-refractivity contribution >= 4 is 0 Å². The van der Waals surface area contributed by atoms with Gasteiger partial charge in [-0.15, -0.1) is 0 Å². The molecule has 0 aliphatic heterocycles. The van der Waals surface area contributed by atoms with E-state index in [1.165, 1.54) is 18.4 Å². The van der Waals surface area contributed by atoms with Crippen LogP contribution in [-0.4, -0.2) is 38.1 Å². The standard InChI is InChI=1S/C17H30N2/c1-5-12-18-14-17(3,15-19(4)13-6-2)16-10-8-7-9-11-16/h7-11,18H,5-6,12-15H2,1-4H3. The minimum Gasteiger partial charge on any atom is -0.316 e. The minimum absolute atomic E-state index is 0.181. The van der Waals surface area contributed by atoms with Gasteiger partial charge in [-0.05, 0) is 38.5 Å². The molecule has 0 saturated carbocycles. The molecule has 0 aromatic heterocycles. The average Bonchev–Trinajstić information content (AvgIpc) is 2.40. The molecule has 1 atom stereocenters. The zero-order valence-electron chi connectivity index (χ0n) is 13.1. The van der Waals surface area contributed by atoms with E-state index in [0.717, 1.165) is 26.2 Å². The number of benzene rings is 1. The Morgan fingerprint density at radius 3 is 2.37 bits per heavy atom. The van der Waals surface area contributed by atoms with E-state index >= 15 is 0 Å². The van der Waals surface area contributed by atoms with E-state index in [1.54, 1.807) is 0 Å². The summed E-state index contributed by atoms with van der Waals surface area (Å²) in [6.07, 6.45) is 2.40. The lowest BCUT2D eigenvalue weighted by atomic mass is 9.81. The smallest absolute Gasteiger partial charge is 0.0176 e. The Bertz CT molecular complexity index is 336. The van der Waals surface area contributed by atoms with Gasteiger partial charge in [-0.2, -0.15) is 0 Å². The summed E-state index contributed by atoms with van der Waals surface area (Å²) in [6, 6.07) is 10.9. The van der Waals surface area contributed by atoms with Crippen LogP contribution >= 0.6 is 0 Å². The molecule has 1 aromatic carbocycles. The van der Waals surface area contributed by atoms with Crippen molar-refractivity contribution in [2.45, 2.75) is 39.0 Å². The van der Waals surface area contributed by atoms with Crippen molar-refractivity contribution in [1.29, 1.82) is 0 Å². The van der Waals surface area contributed by atoms with Crippen molar-refractivity contribution in [2.75, 3.05) is 33.2 Å². The van der Waals surface area contributed by atoms with Crippen LogP contribution in [-0.2, 0) is 5.41 Å². The molecular weight excluding hydrogens is 232 g/mol. The van der Waals surface area contributed by atoms with Crippen molar-refractivity contribution < 1.29 is 0 Å². The van der Waals surface area contributed by atoms with Crippen LogP contribution in [0.3, 0.4) is 0 Å². The van der Waals surface area contributed by atoms with Gasteiger partial charge >= 0.3 is 0 Å². The maximum absolute atomic E-state index is 3.59. The SMILES string of the molecule is CCCNCC(C)(CN(C)CCC)c1ccccc1. The van der Waals surface area contributed by atoms with Crippen LogP contribution in [0.25, 0.3) is 0 Å². The Labute approximate surface area is 119 Å². The number of nitrogens with one attached hydrogen (secondary N) is 1. The third kappa shape index (κ3) is 5.33. The van der Waals surface area contributed by atoms with Crippen molar-refractivity contribution in [1.82, 2.24) is 10.2 Å². The predicted molar refractivity (Wildman–Crippen MR) is 84.7 cm³/mol. The van der Waals surface area contributed by atoms with Gasteiger partial charge in [0.1, 0.15) is 0 Å². The van der Waals surface area contributed by atoms with Crippen LogP contribution < -0.4 is 5.32 Å². The van der Waals surface area contributed by atoms with E-state index in [0.29, 0.717) is 0 Å². The van der Waals surface area contributed by atoms with Gasteiger partial charge in [0.15, 0.2) is 0 Å². The highest BCUT2D eigenvalue weighted by Gasteiger charge is 2.27. The average molecular weight is 262 g/mol. The molecule has 2 heteroatoms. The Balaban J connectivity index is 2.77. The van der Waals surface area contributed by atoms with Crippen LogP contribution in [0.15, 0.2) is 30.3 Å². The molecular formula is C17H30N2. The molecule has 0 bridgehead atoms. The van der Waals surface area contributed by atoms with Crippen molar-refractivity contribution in [3.8, 4) is 0 Å². The summed E-state index contributed by atoms with van der Waals surface area (Å²) in [5, 5.41) is 3.59. The molecule has 1 N–H and O–H groups in total. The largest absolute Gasteiger partial charge is 0.316 e. The highest BCUT2D eigenvalue weighted by molar-refractivity contribution is 5.25. The topological polar surface area (TPSA) is 15.3 Å². The first kappa shape index (κ1) is 16.2. The first-order valence-electron chi connectivity index (χ1n) is 7.57. The lowest BCUT2D eigenvalue weighted by Gasteiger charge is -2.35. The monoisotopic (exact) mass is 262 g/mol. The first-order valence-corrected chi connectivity index (χ1v) is 7.57. The molecule has 0 saturated heterocycles. The summed E-state index contributed by atoms with van der Waals surface area (Å²) in [6.45, 7) is 11.2. The summed E-state index contributed by atoms with van der Waals surface area (Å²) in [4.78, 5) is 2.45. The van der Waals surface area contributed by atoms with Crippen molar-refractivity contribution in [2.24, 2.45) is 0 Å². The van der Waals surface area contributed by atoms with E-state index < -0.39 is 0 Å². The molecule has 1 aromatic rings. The molecule has 1 unspecified atom stereocenters. The Kier molecular flexibility index (Phi) is 7.11. The van der Waals surface area contributed by atoms with Gasteiger partial charge in [0, 0.05) is 18.5 Å². The Morgan fingerprint density at radius 2 is 1.79 bits per heavy atom. The zero-order chi connectivity index (χ0) is 14.1. The molecule has 2 nitrogen and oxygen atoms in total. The molecule has 0 aliphatic carbocycles. The lowest BCUT2D eigenvalue weighted by Crippen LogP contribution is -2.44. The number of rotatable bonds is 9. The van der Waals surface area contributed by atoms with E-state index in [-0.39, 0.29) is 5.41 Å². The Morgan fingerprint density at radius 1 is 1.11 bits per heavy atom. The van der Waals surface area contributed by atoms with Crippen molar-refractivity contribution in [3.63, 3.8) is 0 Å². The highest BCUT2D eigenvalue weighted by Crippen LogP contribution is 2.24. The summed E-state index contributed by atoms with van der Waals surface area (Å²) in [5.74, 6) is 0. The van der Waals surface area contributed by atoms with Gasteiger partial charge in [-0.3, -0.25) is 0 Å². The van der Waals surface area contributed by atoms with Gasteiger partial charge in [0.25, 0.3) is 0 Å². The Hall–Kier alpha value is -0.860. The molecule has 19 heavy (non-hydrogen) atoms. The van der Waals surface area contributed by atoms with Crippen LogP contribution in [0.5, 0.6) is 0 Å². The van der Waals surface area contributed by atoms with Crippen LogP contribution in [0.1, 0.15) is 39.2 Å². The molecule has 0 amide bonds. The van der Waals surface area contributed by atoms with Crippen LogP contribution in [0.2, 0.25) is 0 Å². The van der Waals surface area contributed by atoms with Crippen LogP contribution in [0.4, 0.5) is 0 Å². The molecule has 1 rings (SSSR count). The number of nitrogens with zero attached hydrogens (tertiary/aromatic N) is 1. The third-order valence-corrected chi connectivity index (χ3v) is 3.64.